The first-order chi connectivity index (χ1) is 9.67. The number of rotatable bonds is 5. The van der Waals surface area contributed by atoms with E-state index in [0.29, 0.717) is 0 Å². The zero-order valence-electron chi connectivity index (χ0n) is 11.0. The molecule has 2 rings (SSSR count). The summed E-state index contributed by atoms with van der Waals surface area (Å²) in [5.74, 6) is 0.710. The lowest BCUT2D eigenvalue weighted by atomic mass is 10.3. The van der Waals surface area contributed by atoms with E-state index in [0.717, 1.165) is 20.7 Å². The molecule has 0 saturated carbocycles. The molecule has 0 bridgehead atoms. The van der Waals surface area contributed by atoms with E-state index in [1.165, 1.54) is 0 Å². The number of carbonyl (C=O) groups is 1. The van der Waals surface area contributed by atoms with Gasteiger partial charge >= 0.3 is 0 Å². The number of methoxy groups -OCH3 is 1. The Balaban J connectivity index is 1.85. The third-order valence-corrected chi connectivity index (χ3v) is 3.32. The largest absolute Gasteiger partial charge is 0.497 e. The summed E-state index contributed by atoms with van der Waals surface area (Å²) < 4.78 is 6.16. The normalized spacial score (nSPS) is 9.90. The average molecular weight is 382 g/mol. The number of carbonyl (C=O) groups excluding carboxylic acids is 1. The summed E-state index contributed by atoms with van der Waals surface area (Å²) in [6.45, 7) is 0.220. The molecule has 0 aromatic heterocycles. The molecule has 0 aliphatic rings. The van der Waals surface area contributed by atoms with E-state index in [9.17, 15) is 4.79 Å². The maximum absolute atomic E-state index is 11.8. The van der Waals surface area contributed by atoms with Crippen molar-refractivity contribution in [2.75, 3.05) is 24.3 Å². The van der Waals surface area contributed by atoms with Crippen LogP contribution in [0.3, 0.4) is 0 Å². The van der Waals surface area contributed by atoms with Crippen molar-refractivity contribution in [1.82, 2.24) is 0 Å². The number of hydrogen-bond donors (Lipinski definition) is 2. The summed E-state index contributed by atoms with van der Waals surface area (Å²) in [6.07, 6.45) is 0. The Labute approximate surface area is 131 Å². The Kier molecular flexibility index (Phi) is 5.23. The Morgan fingerprint density at radius 1 is 1.15 bits per heavy atom. The first-order valence-electron chi connectivity index (χ1n) is 6.11. The minimum atomic E-state index is -0.0807. The lowest BCUT2D eigenvalue weighted by Crippen LogP contribution is -2.21. The van der Waals surface area contributed by atoms with Crippen molar-refractivity contribution >= 4 is 39.9 Å². The fourth-order valence-electron chi connectivity index (χ4n) is 1.66. The molecule has 5 heteroatoms. The van der Waals surface area contributed by atoms with E-state index in [1.54, 1.807) is 7.11 Å². The number of ether oxygens (including phenoxy) is 1. The number of hydrogen-bond acceptors (Lipinski definition) is 3. The monoisotopic (exact) mass is 382 g/mol. The van der Waals surface area contributed by atoms with Gasteiger partial charge in [-0.05, 0) is 65.1 Å². The quantitative estimate of drug-likeness (QED) is 0.780. The van der Waals surface area contributed by atoms with Gasteiger partial charge in [0.1, 0.15) is 5.75 Å². The van der Waals surface area contributed by atoms with Crippen molar-refractivity contribution in [1.29, 1.82) is 0 Å². The number of amides is 1. The van der Waals surface area contributed by atoms with E-state index in [1.807, 2.05) is 48.5 Å². The Bertz CT molecular complexity index is 585. The van der Waals surface area contributed by atoms with E-state index < -0.39 is 0 Å². The SMILES string of the molecule is COc1ccc(NCC(=O)Nc2cccc(I)c2)cc1. The third kappa shape index (κ3) is 4.41. The molecule has 0 radical (unpaired) electrons. The van der Waals surface area contributed by atoms with Crippen LogP contribution in [-0.4, -0.2) is 19.6 Å². The maximum Gasteiger partial charge on any atom is 0.243 e. The van der Waals surface area contributed by atoms with Gasteiger partial charge in [-0.25, -0.2) is 0 Å². The highest BCUT2D eigenvalue weighted by Gasteiger charge is 2.02. The van der Waals surface area contributed by atoms with Crippen LogP contribution in [0.4, 0.5) is 11.4 Å². The van der Waals surface area contributed by atoms with Gasteiger partial charge in [-0.15, -0.1) is 0 Å². The first kappa shape index (κ1) is 14.6. The topological polar surface area (TPSA) is 50.4 Å². The van der Waals surface area contributed by atoms with E-state index in [-0.39, 0.29) is 12.5 Å². The lowest BCUT2D eigenvalue weighted by molar-refractivity contribution is -0.114. The van der Waals surface area contributed by atoms with Gasteiger partial charge < -0.3 is 15.4 Å². The number of nitrogens with one attached hydrogen (secondary N) is 2. The highest BCUT2D eigenvalue weighted by atomic mass is 127. The fourth-order valence-corrected chi connectivity index (χ4v) is 2.21. The van der Waals surface area contributed by atoms with Gasteiger partial charge in [0.25, 0.3) is 0 Å². The van der Waals surface area contributed by atoms with Crippen LogP contribution in [0.1, 0.15) is 0 Å². The second-order valence-corrected chi connectivity index (χ2v) is 5.39. The van der Waals surface area contributed by atoms with Gasteiger partial charge in [0.05, 0.1) is 13.7 Å². The van der Waals surface area contributed by atoms with Crippen molar-refractivity contribution in [2.45, 2.75) is 0 Å². The standard InChI is InChI=1S/C15H15IN2O2/c1-20-14-7-5-12(6-8-14)17-10-15(19)18-13-4-2-3-11(16)9-13/h2-9,17H,10H2,1H3,(H,18,19). The fraction of sp³-hybridized carbons (Fsp3) is 0.133. The average Bonchev–Trinajstić information content (AvgIpc) is 2.46. The van der Waals surface area contributed by atoms with Crippen LogP contribution in [-0.2, 0) is 4.79 Å². The molecule has 0 aliphatic heterocycles. The summed E-state index contributed by atoms with van der Waals surface area (Å²) in [5.41, 5.74) is 1.68. The third-order valence-electron chi connectivity index (χ3n) is 2.65. The highest BCUT2D eigenvalue weighted by Crippen LogP contribution is 2.15. The van der Waals surface area contributed by atoms with E-state index in [2.05, 4.69) is 33.2 Å². The summed E-state index contributed by atoms with van der Waals surface area (Å²) in [6, 6.07) is 15.1. The smallest absolute Gasteiger partial charge is 0.243 e. The Hall–Kier alpha value is -1.76. The molecule has 2 aromatic rings. The predicted molar refractivity (Wildman–Crippen MR) is 89.3 cm³/mol. The summed E-state index contributed by atoms with van der Waals surface area (Å²) in [5, 5.41) is 5.91. The summed E-state index contributed by atoms with van der Waals surface area (Å²) in [4.78, 5) is 11.8. The van der Waals surface area contributed by atoms with Gasteiger partial charge in [0.2, 0.25) is 5.91 Å². The molecule has 2 aromatic carbocycles. The van der Waals surface area contributed by atoms with Crippen molar-refractivity contribution < 1.29 is 9.53 Å². The molecule has 20 heavy (non-hydrogen) atoms. The molecular weight excluding hydrogens is 367 g/mol. The Morgan fingerprint density at radius 2 is 1.90 bits per heavy atom. The highest BCUT2D eigenvalue weighted by molar-refractivity contribution is 14.1. The van der Waals surface area contributed by atoms with Crippen LogP contribution in [0.2, 0.25) is 0 Å². The number of halogens is 1. The number of anilines is 2. The molecule has 0 fully saturated rings. The molecule has 0 heterocycles. The summed E-state index contributed by atoms with van der Waals surface area (Å²) >= 11 is 2.21. The van der Waals surface area contributed by atoms with Gasteiger partial charge in [-0.3, -0.25) is 4.79 Å². The molecule has 1 amide bonds. The molecule has 104 valence electrons. The molecule has 0 saturated heterocycles. The zero-order chi connectivity index (χ0) is 14.4. The van der Waals surface area contributed by atoms with Crippen LogP contribution < -0.4 is 15.4 Å². The molecule has 2 N–H and O–H groups in total. The molecule has 0 unspecified atom stereocenters. The zero-order valence-corrected chi connectivity index (χ0v) is 13.2. The maximum atomic E-state index is 11.8. The second kappa shape index (κ2) is 7.14. The molecule has 4 nitrogen and oxygen atoms in total. The minimum Gasteiger partial charge on any atom is -0.497 e. The van der Waals surface area contributed by atoms with Gasteiger partial charge in [-0.1, -0.05) is 6.07 Å². The molecule has 0 spiro atoms. The van der Waals surface area contributed by atoms with Crippen molar-refractivity contribution in [3.8, 4) is 5.75 Å². The molecular formula is C15H15IN2O2. The first-order valence-corrected chi connectivity index (χ1v) is 7.18. The van der Waals surface area contributed by atoms with Crippen LogP contribution in [0.25, 0.3) is 0 Å². The van der Waals surface area contributed by atoms with Crippen molar-refractivity contribution in [3.63, 3.8) is 0 Å². The van der Waals surface area contributed by atoms with Crippen molar-refractivity contribution in [3.05, 3.63) is 52.1 Å². The van der Waals surface area contributed by atoms with Gasteiger partial charge in [-0.2, -0.15) is 0 Å². The second-order valence-electron chi connectivity index (χ2n) is 4.14. The van der Waals surface area contributed by atoms with Gasteiger partial charge in [0, 0.05) is 14.9 Å². The van der Waals surface area contributed by atoms with Crippen LogP contribution in [0, 0.1) is 3.57 Å². The lowest BCUT2D eigenvalue weighted by Gasteiger charge is -2.08. The minimum absolute atomic E-state index is 0.0807. The van der Waals surface area contributed by atoms with Crippen LogP contribution in [0.15, 0.2) is 48.5 Å². The predicted octanol–water partition coefficient (Wildman–Crippen LogP) is 3.35. The Morgan fingerprint density at radius 3 is 2.55 bits per heavy atom. The van der Waals surface area contributed by atoms with Crippen molar-refractivity contribution in [2.24, 2.45) is 0 Å². The van der Waals surface area contributed by atoms with E-state index >= 15 is 0 Å². The van der Waals surface area contributed by atoms with Crippen LogP contribution in [0.5, 0.6) is 5.75 Å². The summed E-state index contributed by atoms with van der Waals surface area (Å²) in [7, 11) is 1.62. The van der Waals surface area contributed by atoms with E-state index in [4.69, 9.17) is 4.74 Å². The van der Waals surface area contributed by atoms with Crippen LogP contribution >= 0.6 is 22.6 Å². The molecule has 0 aliphatic carbocycles. The number of benzene rings is 2. The molecule has 0 atom stereocenters. The van der Waals surface area contributed by atoms with Gasteiger partial charge in [0.15, 0.2) is 0 Å².